The Hall–Kier alpha value is -3.21. The number of nitriles is 1. The Morgan fingerprint density at radius 3 is 2.71 bits per heavy atom. The molecule has 0 radical (unpaired) electrons. The summed E-state index contributed by atoms with van der Waals surface area (Å²) < 4.78 is 0. The molecule has 0 unspecified atom stereocenters. The molecule has 0 aliphatic heterocycles. The summed E-state index contributed by atoms with van der Waals surface area (Å²) in [6.45, 7) is 3.25. The molecule has 0 aliphatic carbocycles. The molecule has 8 heteroatoms. The van der Waals surface area contributed by atoms with E-state index in [0.29, 0.717) is 11.3 Å². The van der Waals surface area contributed by atoms with E-state index in [0.717, 1.165) is 5.56 Å². The van der Waals surface area contributed by atoms with Crippen molar-refractivity contribution < 1.29 is 4.92 Å². The predicted molar refractivity (Wildman–Crippen MR) is 77.0 cm³/mol. The highest BCUT2D eigenvalue weighted by Crippen LogP contribution is 2.30. The fraction of sp³-hybridized carbons (Fsp3) is 0.154. The maximum absolute atomic E-state index is 11.1. The molecule has 0 atom stereocenters. The van der Waals surface area contributed by atoms with Crippen LogP contribution in [-0.2, 0) is 0 Å². The summed E-state index contributed by atoms with van der Waals surface area (Å²) in [4.78, 5) is 18.2. The molecule has 0 fully saturated rings. The third kappa shape index (κ3) is 2.71. The summed E-state index contributed by atoms with van der Waals surface area (Å²) in [5.41, 5.74) is 6.99. The van der Waals surface area contributed by atoms with Crippen molar-refractivity contribution in [2.24, 2.45) is 0 Å². The third-order valence-electron chi connectivity index (χ3n) is 2.90. The van der Waals surface area contributed by atoms with Crippen LogP contribution in [0.5, 0.6) is 0 Å². The van der Waals surface area contributed by atoms with Crippen LogP contribution in [0.4, 0.5) is 23.1 Å². The first kappa shape index (κ1) is 14.2. The van der Waals surface area contributed by atoms with Crippen molar-refractivity contribution in [1.82, 2.24) is 9.97 Å². The van der Waals surface area contributed by atoms with Gasteiger partial charge in [-0.25, -0.2) is 4.98 Å². The van der Waals surface area contributed by atoms with Crippen LogP contribution in [0.15, 0.2) is 18.2 Å². The van der Waals surface area contributed by atoms with Crippen LogP contribution in [0.25, 0.3) is 0 Å². The number of nitrogens with zero attached hydrogens (tertiary/aromatic N) is 4. The SMILES string of the molecule is Cc1cccc(Nc2nc(N)nc(C)c2[N+](=O)[O-])c1C#N. The molecular formula is C13H12N6O2. The molecule has 21 heavy (non-hydrogen) atoms. The average molecular weight is 284 g/mol. The Balaban J connectivity index is 2.58. The summed E-state index contributed by atoms with van der Waals surface area (Å²) in [5, 5.41) is 23.1. The highest BCUT2D eigenvalue weighted by molar-refractivity contribution is 5.72. The number of nitrogen functional groups attached to an aromatic ring is 1. The van der Waals surface area contributed by atoms with Crippen LogP contribution >= 0.6 is 0 Å². The van der Waals surface area contributed by atoms with Gasteiger partial charge in [0.15, 0.2) is 0 Å². The van der Waals surface area contributed by atoms with Gasteiger partial charge in [-0.15, -0.1) is 0 Å². The minimum atomic E-state index is -0.584. The monoisotopic (exact) mass is 284 g/mol. The first-order valence-electron chi connectivity index (χ1n) is 5.99. The average Bonchev–Trinajstić information content (AvgIpc) is 2.37. The Bertz CT molecular complexity index is 766. The predicted octanol–water partition coefficient (Wildman–Crippen LogP) is 2.20. The van der Waals surface area contributed by atoms with Crippen molar-refractivity contribution in [2.45, 2.75) is 13.8 Å². The van der Waals surface area contributed by atoms with E-state index in [1.165, 1.54) is 6.92 Å². The molecule has 1 heterocycles. The fourth-order valence-electron chi connectivity index (χ4n) is 1.94. The molecule has 0 amide bonds. The van der Waals surface area contributed by atoms with Crippen LogP contribution in [0.2, 0.25) is 0 Å². The van der Waals surface area contributed by atoms with Gasteiger partial charge in [0.05, 0.1) is 16.2 Å². The van der Waals surface area contributed by atoms with E-state index in [9.17, 15) is 15.4 Å². The van der Waals surface area contributed by atoms with Gasteiger partial charge in [0.2, 0.25) is 11.8 Å². The molecule has 2 rings (SSSR count). The minimum absolute atomic E-state index is 0.0351. The molecule has 1 aromatic carbocycles. The quantitative estimate of drug-likeness (QED) is 0.652. The zero-order valence-electron chi connectivity index (χ0n) is 11.4. The molecule has 0 saturated carbocycles. The van der Waals surface area contributed by atoms with E-state index in [1.54, 1.807) is 25.1 Å². The first-order chi connectivity index (χ1) is 9.93. The molecule has 8 nitrogen and oxygen atoms in total. The lowest BCUT2D eigenvalue weighted by molar-refractivity contribution is -0.385. The molecule has 2 aromatic rings. The number of nitrogens with two attached hydrogens (primary N) is 1. The number of nitrogens with one attached hydrogen (secondary N) is 1. The Kier molecular flexibility index (Phi) is 3.67. The van der Waals surface area contributed by atoms with Crippen LogP contribution in [0.1, 0.15) is 16.8 Å². The first-order valence-corrected chi connectivity index (χ1v) is 5.99. The number of anilines is 3. The largest absolute Gasteiger partial charge is 0.368 e. The summed E-state index contributed by atoms with van der Waals surface area (Å²) in [6, 6.07) is 7.21. The van der Waals surface area contributed by atoms with Crippen LogP contribution in [-0.4, -0.2) is 14.9 Å². The summed E-state index contributed by atoms with van der Waals surface area (Å²) in [6.07, 6.45) is 0. The van der Waals surface area contributed by atoms with Crippen molar-refractivity contribution in [2.75, 3.05) is 11.1 Å². The zero-order valence-corrected chi connectivity index (χ0v) is 11.4. The summed E-state index contributed by atoms with van der Waals surface area (Å²) >= 11 is 0. The van der Waals surface area contributed by atoms with E-state index in [2.05, 4.69) is 21.4 Å². The number of hydrogen-bond donors (Lipinski definition) is 2. The summed E-state index contributed by atoms with van der Waals surface area (Å²) in [5.74, 6) is -0.112. The molecule has 0 saturated heterocycles. The number of nitro groups is 1. The maximum Gasteiger partial charge on any atom is 0.332 e. The van der Waals surface area contributed by atoms with Crippen molar-refractivity contribution in [3.63, 3.8) is 0 Å². The van der Waals surface area contributed by atoms with Gasteiger partial charge in [0.1, 0.15) is 11.8 Å². The topological polar surface area (TPSA) is 131 Å². The molecule has 106 valence electrons. The smallest absolute Gasteiger partial charge is 0.332 e. The molecule has 0 bridgehead atoms. The minimum Gasteiger partial charge on any atom is -0.368 e. The van der Waals surface area contributed by atoms with Crippen molar-refractivity contribution in [3.8, 4) is 6.07 Å². The lowest BCUT2D eigenvalue weighted by Gasteiger charge is -2.10. The zero-order chi connectivity index (χ0) is 15.6. The number of aryl methyl sites for hydroxylation is 2. The van der Waals surface area contributed by atoms with E-state index < -0.39 is 4.92 Å². The Morgan fingerprint density at radius 1 is 1.38 bits per heavy atom. The number of benzene rings is 1. The number of hydrogen-bond acceptors (Lipinski definition) is 7. The van der Waals surface area contributed by atoms with Crippen molar-refractivity contribution >= 4 is 23.1 Å². The van der Waals surface area contributed by atoms with E-state index in [-0.39, 0.29) is 23.1 Å². The second-order valence-electron chi connectivity index (χ2n) is 4.36. The highest BCUT2D eigenvalue weighted by Gasteiger charge is 2.22. The Morgan fingerprint density at radius 2 is 2.10 bits per heavy atom. The van der Waals surface area contributed by atoms with Gasteiger partial charge in [-0.1, -0.05) is 12.1 Å². The third-order valence-corrected chi connectivity index (χ3v) is 2.90. The maximum atomic E-state index is 11.1. The van der Waals surface area contributed by atoms with Gasteiger partial charge < -0.3 is 11.1 Å². The van der Waals surface area contributed by atoms with E-state index >= 15 is 0 Å². The van der Waals surface area contributed by atoms with Gasteiger partial charge in [0, 0.05) is 0 Å². The molecule has 1 aromatic heterocycles. The molecule has 0 aliphatic rings. The van der Waals surface area contributed by atoms with Crippen molar-refractivity contribution in [3.05, 3.63) is 45.1 Å². The lowest BCUT2D eigenvalue weighted by atomic mass is 10.1. The highest BCUT2D eigenvalue weighted by atomic mass is 16.6. The number of rotatable bonds is 3. The second kappa shape index (κ2) is 5.42. The van der Waals surface area contributed by atoms with Gasteiger partial charge in [0.25, 0.3) is 0 Å². The second-order valence-corrected chi connectivity index (χ2v) is 4.36. The normalized spacial score (nSPS) is 9.95. The number of aromatic nitrogens is 2. The Labute approximate surface area is 120 Å². The van der Waals surface area contributed by atoms with Crippen LogP contribution in [0, 0.1) is 35.3 Å². The molecular weight excluding hydrogens is 272 g/mol. The standard InChI is InChI=1S/C13H12N6O2/c1-7-4-3-5-10(9(7)6-14)17-12-11(19(20)21)8(2)16-13(15)18-12/h3-5H,1-2H3,(H3,15,16,17,18). The fourth-order valence-corrected chi connectivity index (χ4v) is 1.94. The molecule has 3 N–H and O–H groups in total. The van der Waals surface area contributed by atoms with Gasteiger partial charge >= 0.3 is 5.69 Å². The molecule has 0 spiro atoms. The van der Waals surface area contributed by atoms with E-state index in [1.807, 2.05) is 0 Å². The van der Waals surface area contributed by atoms with Crippen molar-refractivity contribution in [1.29, 1.82) is 5.26 Å². The van der Waals surface area contributed by atoms with Gasteiger partial charge in [-0.05, 0) is 25.5 Å². The van der Waals surface area contributed by atoms with Crippen LogP contribution < -0.4 is 11.1 Å². The van der Waals surface area contributed by atoms with Gasteiger partial charge in [-0.3, -0.25) is 10.1 Å². The summed E-state index contributed by atoms with van der Waals surface area (Å²) in [7, 11) is 0. The van der Waals surface area contributed by atoms with Crippen LogP contribution in [0.3, 0.4) is 0 Å². The lowest BCUT2D eigenvalue weighted by Crippen LogP contribution is -2.07. The van der Waals surface area contributed by atoms with E-state index in [4.69, 9.17) is 5.73 Å². The van der Waals surface area contributed by atoms with Gasteiger partial charge in [-0.2, -0.15) is 10.2 Å².